The van der Waals surface area contributed by atoms with E-state index in [-0.39, 0.29) is 42.5 Å². The normalized spacial score (nSPS) is 15.1. The Hall–Kier alpha value is -2.76. The highest BCUT2D eigenvalue weighted by Crippen LogP contribution is 2.19. The summed E-state index contributed by atoms with van der Waals surface area (Å²) in [6.07, 6.45) is 4.17. The molecule has 0 spiro atoms. The van der Waals surface area contributed by atoms with Gasteiger partial charge in [-0.3, -0.25) is 9.59 Å². The molecule has 6 heteroatoms. The molecule has 1 atom stereocenters. The first kappa shape index (κ1) is 21.0. The van der Waals surface area contributed by atoms with E-state index < -0.39 is 6.04 Å². The van der Waals surface area contributed by atoms with E-state index in [1.165, 1.54) is 29.2 Å². The first-order valence-corrected chi connectivity index (χ1v) is 10.0. The van der Waals surface area contributed by atoms with Crippen LogP contribution in [0.3, 0.4) is 0 Å². The monoisotopic (exact) mass is 400 g/mol. The molecule has 0 radical (unpaired) electrons. The Labute approximate surface area is 169 Å². The number of hydrogen-bond acceptors (Lipinski definition) is 2. The van der Waals surface area contributed by atoms with Crippen molar-refractivity contribution in [2.45, 2.75) is 57.7 Å². The summed E-state index contributed by atoms with van der Waals surface area (Å²) in [6.45, 7) is 1.90. The fraction of sp³-hybridized carbons (Fsp3) is 0.391. The van der Waals surface area contributed by atoms with Gasteiger partial charge in [-0.2, -0.15) is 0 Å². The molecule has 2 aromatic carbocycles. The molecule has 4 nitrogen and oxygen atoms in total. The molecule has 0 aromatic heterocycles. The van der Waals surface area contributed by atoms with Gasteiger partial charge in [0.05, 0.1) is 6.42 Å². The fourth-order valence-corrected chi connectivity index (χ4v) is 3.64. The molecular formula is C23H26F2N2O2. The maximum Gasteiger partial charge on any atom is 0.242 e. The van der Waals surface area contributed by atoms with Crippen LogP contribution in [-0.2, 0) is 22.6 Å². The van der Waals surface area contributed by atoms with Crippen LogP contribution >= 0.6 is 0 Å². The molecule has 3 rings (SSSR count). The topological polar surface area (TPSA) is 49.4 Å². The molecule has 154 valence electrons. The van der Waals surface area contributed by atoms with Crippen LogP contribution in [0, 0.1) is 11.6 Å². The van der Waals surface area contributed by atoms with E-state index in [0.717, 1.165) is 31.2 Å². The van der Waals surface area contributed by atoms with Crippen molar-refractivity contribution in [3.05, 3.63) is 71.3 Å². The van der Waals surface area contributed by atoms with Gasteiger partial charge in [-0.05, 0) is 55.2 Å². The van der Waals surface area contributed by atoms with Crippen molar-refractivity contribution >= 4 is 11.8 Å². The van der Waals surface area contributed by atoms with E-state index in [9.17, 15) is 18.4 Å². The number of halogens is 2. The van der Waals surface area contributed by atoms with Crippen molar-refractivity contribution < 1.29 is 18.4 Å². The summed E-state index contributed by atoms with van der Waals surface area (Å²) < 4.78 is 26.4. The molecule has 0 bridgehead atoms. The predicted molar refractivity (Wildman–Crippen MR) is 107 cm³/mol. The molecular weight excluding hydrogens is 374 g/mol. The van der Waals surface area contributed by atoms with Crippen molar-refractivity contribution in [2.24, 2.45) is 0 Å². The molecule has 0 aliphatic heterocycles. The average molecular weight is 400 g/mol. The van der Waals surface area contributed by atoms with Crippen molar-refractivity contribution in [1.29, 1.82) is 0 Å². The van der Waals surface area contributed by atoms with Gasteiger partial charge in [-0.1, -0.05) is 37.1 Å². The number of carbonyl (C=O) groups is 2. The SMILES string of the molecule is C[C@@H](C(=O)NC1CCCC1)N(Cc1ccc(F)cc1)C(=O)Cc1ccc(F)cc1. The van der Waals surface area contributed by atoms with Gasteiger partial charge in [0.2, 0.25) is 11.8 Å². The van der Waals surface area contributed by atoms with Gasteiger partial charge < -0.3 is 10.2 Å². The molecule has 1 aliphatic carbocycles. The largest absolute Gasteiger partial charge is 0.352 e. The number of carbonyl (C=O) groups excluding carboxylic acids is 2. The molecule has 1 aliphatic rings. The highest BCUT2D eigenvalue weighted by Gasteiger charge is 2.28. The number of rotatable bonds is 7. The van der Waals surface area contributed by atoms with Crippen LogP contribution in [0.25, 0.3) is 0 Å². The third-order valence-electron chi connectivity index (χ3n) is 5.40. The van der Waals surface area contributed by atoms with Gasteiger partial charge in [0, 0.05) is 12.6 Å². The molecule has 2 aromatic rings. The molecule has 1 fully saturated rings. The molecule has 1 N–H and O–H groups in total. The van der Waals surface area contributed by atoms with E-state index in [1.54, 1.807) is 31.2 Å². The van der Waals surface area contributed by atoms with Crippen molar-refractivity contribution in [3.63, 3.8) is 0 Å². The lowest BCUT2D eigenvalue weighted by molar-refractivity contribution is -0.140. The van der Waals surface area contributed by atoms with Crippen LogP contribution in [0.4, 0.5) is 8.78 Å². The van der Waals surface area contributed by atoms with Gasteiger partial charge >= 0.3 is 0 Å². The fourth-order valence-electron chi connectivity index (χ4n) is 3.64. The van der Waals surface area contributed by atoms with Gasteiger partial charge in [-0.15, -0.1) is 0 Å². The Morgan fingerprint density at radius 1 is 0.966 bits per heavy atom. The Morgan fingerprint density at radius 2 is 1.48 bits per heavy atom. The average Bonchev–Trinajstić information content (AvgIpc) is 3.21. The van der Waals surface area contributed by atoms with Crippen LogP contribution in [0.5, 0.6) is 0 Å². The lowest BCUT2D eigenvalue weighted by atomic mass is 10.1. The quantitative estimate of drug-likeness (QED) is 0.764. The Morgan fingerprint density at radius 3 is 2.03 bits per heavy atom. The second-order valence-corrected chi connectivity index (χ2v) is 7.62. The lowest BCUT2D eigenvalue weighted by Gasteiger charge is -2.30. The molecule has 29 heavy (non-hydrogen) atoms. The Balaban J connectivity index is 1.75. The maximum atomic E-state index is 13.2. The van der Waals surface area contributed by atoms with Crippen LogP contribution in [0.1, 0.15) is 43.7 Å². The van der Waals surface area contributed by atoms with Crippen LogP contribution in [0.2, 0.25) is 0 Å². The number of hydrogen-bond donors (Lipinski definition) is 1. The van der Waals surface area contributed by atoms with Crippen LogP contribution in [0.15, 0.2) is 48.5 Å². The third-order valence-corrected chi connectivity index (χ3v) is 5.40. The minimum atomic E-state index is -0.673. The zero-order valence-electron chi connectivity index (χ0n) is 16.5. The predicted octanol–water partition coefficient (Wildman–Crippen LogP) is 3.98. The van der Waals surface area contributed by atoms with Crippen molar-refractivity contribution in [3.8, 4) is 0 Å². The lowest BCUT2D eigenvalue weighted by Crippen LogP contribution is -2.50. The second kappa shape index (κ2) is 9.63. The van der Waals surface area contributed by atoms with Crippen LogP contribution < -0.4 is 5.32 Å². The second-order valence-electron chi connectivity index (χ2n) is 7.62. The summed E-state index contributed by atoms with van der Waals surface area (Å²) in [5.74, 6) is -1.15. The molecule has 1 saturated carbocycles. The van der Waals surface area contributed by atoms with Gasteiger partial charge in [0.1, 0.15) is 17.7 Å². The summed E-state index contributed by atoms with van der Waals surface area (Å²) in [5, 5.41) is 3.04. The minimum absolute atomic E-state index is 0.0581. The van der Waals surface area contributed by atoms with Gasteiger partial charge in [-0.25, -0.2) is 8.78 Å². The van der Waals surface area contributed by atoms with Gasteiger partial charge in [0.15, 0.2) is 0 Å². The van der Waals surface area contributed by atoms with E-state index >= 15 is 0 Å². The highest BCUT2D eigenvalue weighted by atomic mass is 19.1. The first-order chi connectivity index (χ1) is 13.9. The Kier molecular flexibility index (Phi) is 6.96. The summed E-state index contributed by atoms with van der Waals surface area (Å²) >= 11 is 0. The first-order valence-electron chi connectivity index (χ1n) is 10.0. The highest BCUT2D eigenvalue weighted by molar-refractivity contribution is 5.88. The smallest absolute Gasteiger partial charge is 0.242 e. The number of nitrogens with zero attached hydrogens (tertiary/aromatic N) is 1. The van der Waals surface area contributed by atoms with E-state index in [0.29, 0.717) is 5.56 Å². The van der Waals surface area contributed by atoms with E-state index in [2.05, 4.69) is 5.32 Å². The third kappa shape index (κ3) is 5.86. The standard InChI is InChI=1S/C23H26F2N2O2/c1-16(23(29)26-21-4-2-3-5-21)27(15-18-8-12-20(25)13-9-18)22(28)14-17-6-10-19(24)11-7-17/h6-13,16,21H,2-5,14-15H2,1H3,(H,26,29)/t16-/m0/s1. The van der Waals surface area contributed by atoms with Gasteiger partial charge in [0.25, 0.3) is 0 Å². The van der Waals surface area contributed by atoms with E-state index in [4.69, 9.17) is 0 Å². The summed E-state index contributed by atoms with van der Waals surface area (Å²) in [7, 11) is 0. The zero-order chi connectivity index (χ0) is 20.8. The molecule has 0 unspecified atom stereocenters. The summed E-state index contributed by atoms with van der Waals surface area (Å²) in [4.78, 5) is 27.3. The van der Waals surface area contributed by atoms with Crippen molar-refractivity contribution in [2.75, 3.05) is 0 Å². The number of amides is 2. The summed E-state index contributed by atoms with van der Waals surface area (Å²) in [6, 6.07) is 11.1. The maximum absolute atomic E-state index is 13.2. The summed E-state index contributed by atoms with van der Waals surface area (Å²) in [5.41, 5.74) is 1.41. The zero-order valence-corrected chi connectivity index (χ0v) is 16.5. The number of nitrogens with one attached hydrogen (secondary N) is 1. The molecule has 0 heterocycles. The van der Waals surface area contributed by atoms with E-state index in [1.807, 2.05) is 0 Å². The minimum Gasteiger partial charge on any atom is -0.352 e. The number of benzene rings is 2. The van der Waals surface area contributed by atoms with Crippen molar-refractivity contribution in [1.82, 2.24) is 10.2 Å². The Bertz CT molecular complexity index is 831. The van der Waals surface area contributed by atoms with Crippen LogP contribution in [-0.4, -0.2) is 28.8 Å². The molecule has 2 amide bonds. The molecule has 0 saturated heterocycles.